The van der Waals surface area contributed by atoms with E-state index in [1.807, 2.05) is 6.07 Å². The largest absolute Gasteiger partial charge is 1.00 e. The second-order valence-corrected chi connectivity index (χ2v) is 9.74. The Labute approximate surface area is 199 Å². The third-order valence-electron chi connectivity index (χ3n) is 7.95. The number of nitrogens with zero attached hydrogens (tertiary/aromatic N) is 1. The highest BCUT2D eigenvalue weighted by atomic mass is 127. The number of allylic oxidation sites excluding steroid dienone is 1. The van der Waals surface area contributed by atoms with E-state index in [-0.39, 0.29) is 42.0 Å². The predicted molar refractivity (Wildman–Crippen MR) is 118 cm³/mol. The number of carbonyl (C=O) groups excluding carboxylic acids is 1. The molecule has 3 unspecified atom stereocenters. The fourth-order valence-corrected chi connectivity index (χ4v) is 6.76. The summed E-state index contributed by atoms with van der Waals surface area (Å²) in [6.45, 7) is 8.38. The van der Waals surface area contributed by atoms with Crippen molar-refractivity contribution in [2.24, 2.45) is 5.92 Å². The summed E-state index contributed by atoms with van der Waals surface area (Å²) in [6.07, 6.45) is 11.4. The summed E-state index contributed by atoms with van der Waals surface area (Å²) in [5.74, 6) is -0.0741. The van der Waals surface area contributed by atoms with Crippen molar-refractivity contribution in [1.29, 1.82) is 0 Å². The Morgan fingerprint density at radius 1 is 1.10 bits per heavy atom. The highest BCUT2D eigenvalue weighted by Crippen LogP contribution is 2.46. The van der Waals surface area contributed by atoms with Crippen molar-refractivity contribution in [1.82, 2.24) is 0 Å². The van der Waals surface area contributed by atoms with Gasteiger partial charge in [-0.15, -0.1) is 0 Å². The molecule has 2 bridgehead atoms. The lowest BCUT2D eigenvalue weighted by molar-refractivity contribution is -0.985. The summed E-state index contributed by atoms with van der Waals surface area (Å²) in [5, 5.41) is 0. The van der Waals surface area contributed by atoms with Crippen molar-refractivity contribution in [2.45, 2.75) is 96.4 Å². The van der Waals surface area contributed by atoms with Gasteiger partial charge < -0.3 is 33.2 Å². The number of ether oxygens (including phenoxy) is 1. The molecule has 1 aromatic carbocycles. The van der Waals surface area contributed by atoms with Gasteiger partial charge in [-0.25, -0.2) is 0 Å². The van der Waals surface area contributed by atoms with E-state index >= 15 is 0 Å². The minimum atomic E-state index is -0.0919. The van der Waals surface area contributed by atoms with Gasteiger partial charge in [0.2, 0.25) is 0 Å². The number of hydrogen-bond donors (Lipinski definition) is 0. The van der Waals surface area contributed by atoms with Crippen LogP contribution in [-0.4, -0.2) is 41.2 Å². The molecule has 166 valence electrons. The van der Waals surface area contributed by atoms with Crippen LogP contribution in [-0.2, 0) is 9.53 Å². The predicted octanol–water partition coefficient (Wildman–Crippen LogP) is 2.75. The lowest BCUT2D eigenvalue weighted by Gasteiger charge is -2.52. The minimum absolute atomic E-state index is 0. The van der Waals surface area contributed by atoms with E-state index in [1.54, 1.807) is 0 Å². The van der Waals surface area contributed by atoms with Crippen LogP contribution in [0.2, 0.25) is 0 Å². The summed E-state index contributed by atoms with van der Waals surface area (Å²) in [5.41, 5.74) is 2.36. The number of benzene rings is 1. The van der Waals surface area contributed by atoms with E-state index < -0.39 is 0 Å². The normalized spacial score (nSPS) is 33.0. The summed E-state index contributed by atoms with van der Waals surface area (Å²) < 4.78 is 7.49. The second-order valence-electron chi connectivity index (χ2n) is 9.74. The molecule has 2 aliphatic heterocycles. The van der Waals surface area contributed by atoms with Crippen LogP contribution in [0.4, 0.5) is 0 Å². The van der Waals surface area contributed by atoms with Gasteiger partial charge in [0.1, 0.15) is 6.10 Å². The highest BCUT2D eigenvalue weighted by Gasteiger charge is 2.55. The van der Waals surface area contributed by atoms with Crippen molar-refractivity contribution in [3.05, 3.63) is 42.0 Å². The number of halogens is 1. The zero-order valence-corrected chi connectivity index (χ0v) is 21.0. The first-order valence-corrected chi connectivity index (χ1v) is 11.9. The molecule has 3 aliphatic rings. The molecule has 0 saturated carbocycles. The second kappa shape index (κ2) is 10.2. The number of piperidine rings is 1. The molecule has 2 heterocycles. The first-order valence-electron chi connectivity index (χ1n) is 11.9. The van der Waals surface area contributed by atoms with Crippen molar-refractivity contribution >= 4 is 11.5 Å². The molecule has 30 heavy (non-hydrogen) atoms. The van der Waals surface area contributed by atoms with E-state index in [9.17, 15) is 4.79 Å². The molecule has 3 nitrogen and oxygen atoms in total. The van der Waals surface area contributed by atoms with Gasteiger partial charge in [0, 0.05) is 25.7 Å². The van der Waals surface area contributed by atoms with Crippen LogP contribution >= 0.6 is 0 Å². The van der Waals surface area contributed by atoms with Crippen LogP contribution in [0.5, 0.6) is 0 Å². The van der Waals surface area contributed by atoms with E-state index in [4.69, 9.17) is 4.74 Å². The molecule has 0 N–H and O–H groups in total. The first-order chi connectivity index (χ1) is 14.1. The summed E-state index contributed by atoms with van der Waals surface area (Å²) >= 11 is 0. The van der Waals surface area contributed by atoms with Crippen molar-refractivity contribution in [3.8, 4) is 0 Å². The first kappa shape index (κ1) is 23.8. The monoisotopic (exact) mass is 523 g/mol. The molecule has 1 aromatic rings. The summed E-state index contributed by atoms with van der Waals surface area (Å²) in [7, 11) is 0. The Kier molecular flexibility index (Phi) is 8.05. The van der Waals surface area contributed by atoms with Gasteiger partial charge in [0.15, 0.2) is 0 Å². The van der Waals surface area contributed by atoms with Gasteiger partial charge in [-0.05, 0) is 50.7 Å². The van der Waals surface area contributed by atoms with E-state index in [0.29, 0.717) is 18.1 Å². The fraction of sp³-hybridized carbons (Fsp3) is 0.654. The van der Waals surface area contributed by atoms with Crippen LogP contribution in [0.25, 0.3) is 5.57 Å². The maximum atomic E-state index is 13.2. The average Bonchev–Trinajstić information content (AvgIpc) is 2.93. The topological polar surface area (TPSA) is 26.3 Å². The van der Waals surface area contributed by atoms with Crippen LogP contribution in [0.1, 0.15) is 77.7 Å². The third kappa shape index (κ3) is 4.36. The van der Waals surface area contributed by atoms with Crippen LogP contribution < -0.4 is 24.0 Å². The van der Waals surface area contributed by atoms with E-state index in [1.165, 1.54) is 41.4 Å². The molecule has 4 rings (SSSR count). The highest BCUT2D eigenvalue weighted by molar-refractivity contribution is 5.89. The number of quaternary nitrogens is 1. The molecule has 5 atom stereocenters. The number of carbonyl (C=O) groups is 1. The zero-order valence-electron chi connectivity index (χ0n) is 18.9. The quantitative estimate of drug-likeness (QED) is 0.326. The van der Waals surface area contributed by atoms with E-state index in [0.717, 1.165) is 32.1 Å². The van der Waals surface area contributed by atoms with Crippen LogP contribution in [0.15, 0.2) is 36.4 Å². The number of esters is 1. The molecule has 2 saturated heterocycles. The van der Waals surface area contributed by atoms with Crippen LogP contribution in [0.3, 0.4) is 0 Å². The Bertz CT molecular complexity index is 731. The molecule has 4 heteroatoms. The SMILES string of the molecule is CCC[N+]1(C(C)C)[C@@H]2CC[C@H]1CC(OC(=O)C1CCCC=C1c1ccccc1)C2.[I-]. The fourth-order valence-electron chi connectivity index (χ4n) is 6.76. The summed E-state index contributed by atoms with van der Waals surface area (Å²) in [4.78, 5) is 13.2. The number of hydrogen-bond acceptors (Lipinski definition) is 2. The smallest absolute Gasteiger partial charge is 0.313 e. The van der Waals surface area contributed by atoms with Gasteiger partial charge in [-0.1, -0.05) is 43.3 Å². The number of rotatable bonds is 6. The lowest BCUT2D eigenvalue weighted by atomic mass is 9.83. The van der Waals surface area contributed by atoms with Crippen molar-refractivity contribution in [2.75, 3.05) is 6.54 Å². The van der Waals surface area contributed by atoms with Crippen LogP contribution in [0, 0.1) is 5.92 Å². The molecule has 0 amide bonds. The third-order valence-corrected chi connectivity index (χ3v) is 7.95. The average molecular weight is 523 g/mol. The molecule has 2 fully saturated rings. The Morgan fingerprint density at radius 3 is 2.37 bits per heavy atom. The molecule has 0 radical (unpaired) electrons. The zero-order chi connectivity index (χ0) is 20.4. The summed E-state index contributed by atoms with van der Waals surface area (Å²) in [6, 6.07) is 12.4. The molecular weight excluding hydrogens is 485 g/mol. The molecular formula is C26H38INO2. The lowest BCUT2D eigenvalue weighted by Crippen LogP contribution is -3.00. The maximum Gasteiger partial charge on any atom is 0.313 e. The van der Waals surface area contributed by atoms with Gasteiger partial charge >= 0.3 is 5.97 Å². The Hall–Kier alpha value is -0.880. The molecule has 0 spiro atoms. The van der Waals surface area contributed by atoms with Gasteiger partial charge in [-0.2, -0.15) is 0 Å². The molecule has 0 aromatic heterocycles. The minimum Gasteiger partial charge on any atom is -1.00 e. The van der Waals surface area contributed by atoms with Crippen molar-refractivity contribution in [3.63, 3.8) is 0 Å². The van der Waals surface area contributed by atoms with E-state index in [2.05, 4.69) is 51.1 Å². The van der Waals surface area contributed by atoms with Crippen molar-refractivity contribution < 1.29 is 38.0 Å². The van der Waals surface area contributed by atoms with Gasteiger partial charge in [-0.3, -0.25) is 4.79 Å². The van der Waals surface area contributed by atoms with Gasteiger partial charge in [0.25, 0.3) is 0 Å². The Morgan fingerprint density at radius 2 is 1.77 bits per heavy atom. The Balaban J connectivity index is 0.00000256. The maximum absolute atomic E-state index is 13.2. The standard InChI is InChI=1S/C26H38NO2.HI/c1-4-16-27(19(2)3)21-14-15-22(27)18-23(17-21)29-26(28)25-13-9-8-12-24(25)20-10-6-5-7-11-20;/h5-7,10-12,19,21-23,25H,4,8-9,13-18H2,1-3H3;1H/q+1;/p-1/t21-,22+,23?,25?,27?;. The van der Waals surface area contributed by atoms with Gasteiger partial charge in [0.05, 0.1) is 30.6 Å². The molecule has 1 aliphatic carbocycles. The number of fused-ring (bicyclic) bond motifs is 2.